The van der Waals surface area contributed by atoms with E-state index in [2.05, 4.69) is 36.0 Å². The highest BCUT2D eigenvalue weighted by Crippen LogP contribution is 2.35. The van der Waals surface area contributed by atoms with E-state index in [4.69, 9.17) is 4.74 Å². The summed E-state index contributed by atoms with van der Waals surface area (Å²) in [5.74, 6) is -0.324. The lowest BCUT2D eigenvalue weighted by atomic mass is 10.0. The van der Waals surface area contributed by atoms with Gasteiger partial charge in [-0.05, 0) is 32.0 Å². The van der Waals surface area contributed by atoms with Crippen molar-refractivity contribution in [1.29, 1.82) is 0 Å². The number of aryl methyl sites for hydroxylation is 1. The summed E-state index contributed by atoms with van der Waals surface area (Å²) in [6.45, 7) is 2.00. The highest BCUT2D eigenvalue weighted by atomic mass is 19.1. The van der Waals surface area contributed by atoms with Gasteiger partial charge in [-0.2, -0.15) is 0 Å². The van der Waals surface area contributed by atoms with Crippen LogP contribution in [0, 0.1) is 5.82 Å². The van der Waals surface area contributed by atoms with Crippen LogP contribution >= 0.6 is 0 Å². The maximum Gasteiger partial charge on any atom is 0.256 e. The first kappa shape index (κ1) is 26.1. The maximum absolute atomic E-state index is 15.0. The standard InChI is InChI=1S/C27H31F2N9O2/c1-37-14-21(26(36-37)40-2)34-27-32-12-19(29)23(35-27)18-11-31-24-17(18)4-3-5-20(24)33-25(39)22-10-15(28)13-38(22)16-6-8-30-9-7-16/h3-5,11-12,14-16,22,30-31H,6-10,13H2,1-2H3,(H,33,39)(H,32,34,35)/t15-,22?/m1/s1. The smallest absolute Gasteiger partial charge is 0.256 e. The number of methoxy groups -OCH3 is 1. The summed E-state index contributed by atoms with van der Waals surface area (Å²) in [5, 5.41) is 14.2. The molecule has 13 heteroatoms. The van der Waals surface area contributed by atoms with Crippen molar-refractivity contribution in [3.63, 3.8) is 0 Å². The molecule has 0 radical (unpaired) electrons. The molecule has 1 unspecified atom stereocenters. The minimum atomic E-state index is -1.03. The number of benzene rings is 1. The fourth-order valence-corrected chi connectivity index (χ4v) is 5.72. The fraction of sp³-hybridized carbons (Fsp3) is 0.407. The second kappa shape index (κ2) is 10.8. The highest BCUT2D eigenvalue weighted by Gasteiger charge is 2.41. The van der Waals surface area contributed by atoms with Gasteiger partial charge >= 0.3 is 0 Å². The van der Waals surface area contributed by atoms with Gasteiger partial charge in [-0.25, -0.2) is 18.7 Å². The van der Waals surface area contributed by atoms with E-state index in [-0.39, 0.29) is 36.6 Å². The van der Waals surface area contributed by atoms with Crippen molar-refractivity contribution in [3.05, 3.63) is 42.6 Å². The number of aromatic amines is 1. The third-order valence-electron chi connectivity index (χ3n) is 7.58. The van der Waals surface area contributed by atoms with Gasteiger partial charge in [0, 0.05) is 43.2 Å². The van der Waals surface area contributed by atoms with Gasteiger partial charge in [-0.3, -0.25) is 14.4 Å². The van der Waals surface area contributed by atoms with Gasteiger partial charge in [-0.1, -0.05) is 12.1 Å². The van der Waals surface area contributed by atoms with E-state index in [0.29, 0.717) is 33.7 Å². The number of halogens is 2. The number of carbonyl (C=O) groups excluding carboxylic acids is 1. The van der Waals surface area contributed by atoms with Gasteiger partial charge in [0.2, 0.25) is 11.9 Å². The number of anilines is 3. The molecular formula is C27H31F2N9O2. The summed E-state index contributed by atoms with van der Waals surface area (Å²) in [6, 6.07) is 5.02. The molecule has 0 spiro atoms. The topological polar surface area (TPSA) is 125 Å². The molecule has 2 aliphatic rings. The van der Waals surface area contributed by atoms with Crippen molar-refractivity contribution >= 4 is 34.1 Å². The Morgan fingerprint density at radius 3 is 2.85 bits per heavy atom. The number of nitrogens with zero attached hydrogens (tertiary/aromatic N) is 5. The molecular weight excluding hydrogens is 520 g/mol. The van der Waals surface area contributed by atoms with Crippen LogP contribution < -0.4 is 20.7 Å². The number of ether oxygens (including phenoxy) is 1. The van der Waals surface area contributed by atoms with E-state index in [1.807, 2.05) is 11.0 Å². The summed E-state index contributed by atoms with van der Waals surface area (Å²) in [5.41, 5.74) is 2.29. The number of rotatable bonds is 7. The zero-order valence-electron chi connectivity index (χ0n) is 22.2. The van der Waals surface area contributed by atoms with Crippen LogP contribution in [0.1, 0.15) is 19.3 Å². The van der Waals surface area contributed by atoms with Crippen LogP contribution in [0.4, 0.5) is 26.1 Å². The number of amides is 1. The number of aromatic nitrogens is 5. The largest absolute Gasteiger partial charge is 0.478 e. The minimum Gasteiger partial charge on any atom is -0.478 e. The second-order valence-electron chi connectivity index (χ2n) is 10.2. The number of hydrogen-bond donors (Lipinski definition) is 4. The van der Waals surface area contributed by atoms with Crippen LogP contribution in [0.3, 0.4) is 0 Å². The van der Waals surface area contributed by atoms with Crippen LogP contribution in [-0.4, -0.2) is 80.5 Å². The second-order valence-corrected chi connectivity index (χ2v) is 10.2. The first-order chi connectivity index (χ1) is 19.4. The van der Waals surface area contributed by atoms with Crippen molar-refractivity contribution in [3.8, 4) is 17.1 Å². The molecule has 2 aliphatic heterocycles. The minimum absolute atomic E-state index is 0.0863. The Labute approximate surface area is 229 Å². The lowest BCUT2D eigenvalue weighted by molar-refractivity contribution is -0.121. The highest BCUT2D eigenvalue weighted by molar-refractivity contribution is 6.06. The average molecular weight is 552 g/mol. The summed E-state index contributed by atoms with van der Waals surface area (Å²) >= 11 is 0. The SMILES string of the molecule is COc1nn(C)cc1Nc1ncc(F)c(-c2c[nH]c3c(NC(=O)C4C[C@@H](F)CN4C4CCNCC4)cccc23)n1. The van der Waals surface area contributed by atoms with E-state index in [1.54, 1.807) is 36.3 Å². The number of H-pyrrole nitrogens is 1. The molecule has 2 fully saturated rings. The Balaban J connectivity index is 1.26. The van der Waals surface area contributed by atoms with Crippen molar-refractivity contribution in [1.82, 2.24) is 34.9 Å². The summed E-state index contributed by atoms with van der Waals surface area (Å²) in [4.78, 5) is 27.1. The molecule has 5 heterocycles. The Morgan fingerprint density at radius 2 is 2.05 bits per heavy atom. The van der Waals surface area contributed by atoms with Gasteiger partial charge in [0.25, 0.3) is 5.88 Å². The Bertz CT molecular complexity index is 1530. The molecule has 0 bridgehead atoms. The molecule has 0 saturated carbocycles. The Kier molecular flexibility index (Phi) is 7.07. The van der Waals surface area contributed by atoms with Crippen LogP contribution in [0.2, 0.25) is 0 Å². The summed E-state index contributed by atoms with van der Waals surface area (Å²) in [7, 11) is 3.25. The number of alkyl halides is 1. The predicted molar refractivity (Wildman–Crippen MR) is 147 cm³/mol. The van der Waals surface area contributed by atoms with Gasteiger partial charge in [0.05, 0.1) is 36.7 Å². The third-order valence-corrected chi connectivity index (χ3v) is 7.58. The number of nitrogens with one attached hydrogen (secondary N) is 4. The number of carbonyl (C=O) groups is 1. The first-order valence-corrected chi connectivity index (χ1v) is 13.3. The molecule has 2 atom stereocenters. The molecule has 4 N–H and O–H groups in total. The molecule has 1 amide bonds. The predicted octanol–water partition coefficient (Wildman–Crippen LogP) is 3.35. The van der Waals surface area contributed by atoms with Crippen LogP contribution in [-0.2, 0) is 11.8 Å². The van der Waals surface area contributed by atoms with E-state index in [1.165, 1.54) is 7.11 Å². The van der Waals surface area contributed by atoms with Gasteiger partial charge in [0.1, 0.15) is 17.6 Å². The number of likely N-dealkylation sites (tertiary alicyclic amines) is 1. The Morgan fingerprint density at radius 1 is 1.23 bits per heavy atom. The van der Waals surface area contributed by atoms with E-state index in [9.17, 15) is 13.6 Å². The van der Waals surface area contributed by atoms with Crippen molar-refractivity contribution in [2.45, 2.75) is 37.5 Å². The van der Waals surface area contributed by atoms with Gasteiger partial charge < -0.3 is 25.7 Å². The van der Waals surface area contributed by atoms with E-state index in [0.717, 1.165) is 32.1 Å². The van der Waals surface area contributed by atoms with Crippen LogP contribution in [0.25, 0.3) is 22.2 Å². The molecule has 40 heavy (non-hydrogen) atoms. The quantitative estimate of drug-likeness (QED) is 0.276. The molecule has 0 aliphatic carbocycles. The first-order valence-electron chi connectivity index (χ1n) is 13.3. The maximum atomic E-state index is 15.0. The molecule has 1 aromatic carbocycles. The van der Waals surface area contributed by atoms with Crippen molar-refractivity contribution in [2.24, 2.45) is 7.05 Å². The lowest BCUT2D eigenvalue weighted by Crippen LogP contribution is -2.49. The average Bonchev–Trinajstić information content (AvgIpc) is 3.67. The number of piperidine rings is 1. The lowest BCUT2D eigenvalue weighted by Gasteiger charge is -2.34. The third kappa shape index (κ3) is 4.97. The van der Waals surface area contributed by atoms with Crippen molar-refractivity contribution in [2.75, 3.05) is 37.4 Å². The molecule has 210 valence electrons. The summed E-state index contributed by atoms with van der Waals surface area (Å²) < 4.78 is 36.3. The van der Waals surface area contributed by atoms with Crippen molar-refractivity contribution < 1.29 is 18.3 Å². The van der Waals surface area contributed by atoms with E-state index < -0.39 is 18.0 Å². The zero-order chi connectivity index (χ0) is 27.8. The zero-order valence-corrected chi connectivity index (χ0v) is 22.2. The molecule has 4 aromatic rings. The molecule has 3 aromatic heterocycles. The molecule has 11 nitrogen and oxygen atoms in total. The van der Waals surface area contributed by atoms with Gasteiger partial charge in [-0.15, -0.1) is 5.10 Å². The van der Waals surface area contributed by atoms with Crippen LogP contribution in [0.15, 0.2) is 36.8 Å². The monoisotopic (exact) mass is 551 g/mol. The fourth-order valence-electron chi connectivity index (χ4n) is 5.72. The van der Waals surface area contributed by atoms with Gasteiger partial charge in [0.15, 0.2) is 5.82 Å². The Hall–Kier alpha value is -4.10. The molecule has 2 saturated heterocycles. The number of hydrogen-bond acceptors (Lipinski definition) is 8. The normalized spacial score (nSPS) is 20.2. The molecule has 6 rings (SSSR count). The van der Waals surface area contributed by atoms with E-state index >= 15 is 0 Å². The number of para-hydroxylation sites is 1. The number of fused-ring (bicyclic) bond motifs is 1. The van der Waals surface area contributed by atoms with Crippen LogP contribution in [0.5, 0.6) is 5.88 Å². The summed E-state index contributed by atoms with van der Waals surface area (Å²) in [6.07, 6.45) is 5.37.